The molecule has 0 aliphatic heterocycles. The van der Waals surface area contributed by atoms with Crippen LogP contribution >= 0.6 is 22.9 Å². The molecule has 4 rings (SSSR count). The van der Waals surface area contributed by atoms with Crippen molar-refractivity contribution in [2.75, 3.05) is 6.54 Å². The third-order valence-corrected chi connectivity index (χ3v) is 6.49. The summed E-state index contributed by atoms with van der Waals surface area (Å²) in [4.78, 5) is 15.3. The van der Waals surface area contributed by atoms with Crippen molar-refractivity contribution < 1.29 is 15.0 Å². The van der Waals surface area contributed by atoms with Gasteiger partial charge in [-0.25, -0.2) is 0 Å². The van der Waals surface area contributed by atoms with Crippen LogP contribution in [0, 0.1) is 17.8 Å². The Morgan fingerprint density at radius 3 is 2.91 bits per heavy atom. The van der Waals surface area contributed by atoms with Gasteiger partial charge in [0.2, 0.25) is 0 Å². The zero-order valence-electron chi connectivity index (χ0n) is 11.8. The van der Waals surface area contributed by atoms with Crippen LogP contribution in [0.5, 0.6) is 0 Å². The van der Waals surface area contributed by atoms with Crippen molar-refractivity contribution in [3.8, 4) is 0 Å². The molecule has 2 bridgehead atoms. The highest BCUT2D eigenvalue weighted by molar-refractivity contribution is 7.17. The number of thiophene rings is 1. The molecule has 0 saturated heterocycles. The van der Waals surface area contributed by atoms with E-state index in [1.165, 1.54) is 11.3 Å². The van der Waals surface area contributed by atoms with Crippen molar-refractivity contribution in [2.45, 2.75) is 25.0 Å². The van der Waals surface area contributed by atoms with E-state index in [1.807, 2.05) is 5.38 Å². The van der Waals surface area contributed by atoms with Gasteiger partial charge in [-0.15, -0.1) is 11.3 Å². The summed E-state index contributed by atoms with van der Waals surface area (Å²) in [6.45, 7) is 0.532. The highest BCUT2D eigenvalue weighted by Gasteiger charge is 2.51. The largest absolute Gasteiger partial charge is 0.390 e. The van der Waals surface area contributed by atoms with Crippen molar-refractivity contribution in [1.29, 1.82) is 0 Å². The average molecular weight is 341 g/mol. The molecule has 7 heteroatoms. The fourth-order valence-electron chi connectivity index (χ4n) is 3.99. The lowest BCUT2D eigenvalue weighted by Gasteiger charge is -2.29. The van der Waals surface area contributed by atoms with Gasteiger partial charge in [0.05, 0.1) is 27.4 Å². The molecule has 0 aromatic carbocycles. The maximum atomic E-state index is 12.2. The molecule has 5 atom stereocenters. The summed E-state index contributed by atoms with van der Waals surface area (Å²) >= 11 is 7.54. The lowest BCUT2D eigenvalue weighted by atomic mass is 9.85. The van der Waals surface area contributed by atoms with E-state index in [9.17, 15) is 15.0 Å². The Balaban J connectivity index is 1.41. The van der Waals surface area contributed by atoms with Crippen LogP contribution in [0.25, 0.3) is 10.2 Å². The smallest absolute Gasteiger partial charge is 0.267 e. The molecule has 2 aliphatic carbocycles. The number of aliphatic hydroxyl groups excluding tert-OH is 2. The molecule has 2 heterocycles. The molecule has 5 nitrogen and oxygen atoms in total. The van der Waals surface area contributed by atoms with E-state index in [0.717, 1.165) is 23.1 Å². The molecular weight excluding hydrogens is 324 g/mol. The number of carbonyl (C=O) groups excluding carboxylic acids is 1. The molecule has 2 fully saturated rings. The monoisotopic (exact) mass is 340 g/mol. The first kappa shape index (κ1) is 14.5. The summed E-state index contributed by atoms with van der Waals surface area (Å²) in [5, 5.41) is 25.1. The van der Waals surface area contributed by atoms with E-state index in [0.29, 0.717) is 17.3 Å². The maximum Gasteiger partial charge on any atom is 0.267 e. The molecule has 2 saturated carbocycles. The third kappa shape index (κ3) is 2.17. The Morgan fingerprint density at radius 1 is 1.41 bits per heavy atom. The zero-order valence-corrected chi connectivity index (χ0v) is 13.3. The van der Waals surface area contributed by atoms with Crippen LogP contribution in [0.1, 0.15) is 23.3 Å². The van der Waals surface area contributed by atoms with Gasteiger partial charge in [-0.05, 0) is 36.7 Å². The van der Waals surface area contributed by atoms with Gasteiger partial charge in [0.15, 0.2) is 0 Å². The maximum absolute atomic E-state index is 12.2. The average Bonchev–Trinajstić information content (AvgIpc) is 3.22. The quantitative estimate of drug-likeness (QED) is 0.689. The van der Waals surface area contributed by atoms with Crippen molar-refractivity contribution in [1.82, 2.24) is 10.3 Å². The van der Waals surface area contributed by atoms with Crippen LogP contribution in [-0.4, -0.2) is 39.9 Å². The van der Waals surface area contributed by atoms with Gasteiger partial charge in [-0.2, -0.15) is 0 Å². The van der Waals surface area contributed by atoms with Crippen LogP contribution in [0.4, 0.5) is 0 Å². The number of nitrogens with one attached hydrogen (secondary N) is 2. The first-order valence-electron chi connectivity index (χ1n) is 7.44. The summed E-state index contributed by atoms with van der Waals surface area (Å²) in [6, 6.07) is 1.81. The number of amides is 1. The Hall–Kier alpha value is -1.08. The molecule has 0 unspecified atom stereocenters. The molecule has 22 heavy (non-hydrogen) atoms. The second-order valence-electron chi connectivity index (χ2n) is 6.35. The van der Waals surface area contributed by atoms with E-state index in [2.05, 4.69) is 10.3 Å². The molecule has 2 aromatic rings. The van der Waals surface area contributed by atoms with Crippen molar-refractivity contribution in [2.24, 2.45) is 17.8 Å². The van der Waals surface area contributed by atoms with Gasteiger partial charge in [0.1, 0.15) is 5.69 Å². The van der Waals surface area contributed by atoms with E-state index in [4.69, 9.17) is 11.6 Å². The van der Waals surface area contributed by atoms with Crippen molar-refractivity contribution in [3.63, 3.8) is 0 Å². The number of halogens is 1. The number of hydrogen-bond acceptors (Lipinski definition) is 4. The minimum atomic E-state index is -0.643. The Kier molecular flexibility index (Phi) is 3.45. The molecule has 118 valence electrons. The van der Waals surface area contributed by atoms with E-state index < -0.39 is 12.2 Å². The SMILES string of the molecule is O=C(NC[C@H]1C[C@@H]2C[C@H]1[C@@H](O)[C@H]2O)c1cc2scc(Cl)c2[nH]1. The minimum absolute atomic E-state index is 0.0990. The van der Waals surface area contributed by atoms with Gasteiger partial charge in [0, 0.05) is 11.9 Å². The normalized spacial score (nSPS) is 33.7. The van der Waals surface area contributed by atoms with E-state index in [1.54, 1.807) is 6.07 Å². The van der Waals surface area contributed by atoms with Gasteiger partial charge in [-0.3, -0.25) is 4.79 Å². The molecule has 4 N–H and O–H groups in total. The number of carbonyl (C=O) groups is 1. The number of aliphatic hydroxyl groups is 2. The van der Waals surface area contributed by atoms with Gasteiger partial charge < -0.3 is 20.5 Å². The van der Waals surface area contributed by atoms with Gasteiger partial charge in [-0.1, -0.05) is 11.6 Å². The molecule has 1 amide bonds. The number of fused-ring (bicyclic) bond motifs is 3. The van der Waals surface area contributed by atoms with Crippen LogP contribution in [0.15, 0.2) is 11.4 Å². The predicted molar refractivity (Wildman–Crippen MR) is 85.2 cm³/mol. The highest BCUT2D eigenvalue weighted by atomic mass is 35.5. The second kappa shape index (κ2) is 5.23. The summed E-state index contributed by atoms with van der Waals surface area (Å²) in [6.07, 6.45) is 0.496. The Bertz CT molecular complexity index is 726. The lowest BCUT2D eigenvalue weighted by molar-refractivity contribution is -0.0332. The van der Waals surface area contributed by atoms with Crippen molar-refractivity contribution in [3.05, 3.63) is 22.2 Å². The fourth-order valence-corrected chi connectivity index (χ4v) is 5.14. The molecule has 0 spiro atoms. The number of H-pyrrole nitrogens is 1. The topological polar surface area (TPSA) is 85.3 Å². The lowest BCUT2D eigenvalue weighted by Crippen LogP contribution is -2.41. The number of aromatic amines is 1. The summed E-state index contributed by atoms with van der Waals surface area (Å²) < 4.78 is 0.966. The van der Waals surface area contributed by atoms with Crippen LogP contribution < -0.4 is 5.32 Å². The summed E-state index contributed by atoms with van der Waals surface area (Å²) in [7, 11) is 0. The Labute approximate surface area is 136 Å². The second-order valence-corrected chi connectivity index (χ2v) is 7.67. The molecule has 0 radical (unpaired) electrons. The van der Waals surface area contributed by atoms with Gasteiger partial charge >= 0.3 is 0 Å². The molecule has 2 aromatic heterocycles. The number of aromatic nitrogens is 1. The minimum Gasteiger partial charge on any atom is -0.390 e. The summed E-state index contributed by atoms with van der Waals surface area (Å²) in [5.41, 5.74) is 1.31. The van der Waals surface area contributed by atoms with Crippen LogP contribution in [0.2, 0.25) is 5.02 Å². The number of hydrogen-bond donors (Lipinski definition) is 4. The molecular formula is C15H17ClN2O3S. The predicted octanol–water partition coefficient (Wildman–Crippen LogP) is 1.99. The molecule has 2 aliphatic rings. The van der Waals surface area contributed by atoms with E-state index >= 15 is 0 Å². The number of rotatable bonds is 3. The first-order chi connectivity index (χ1) is 10.5. The van der Waals surface area contributed by atoms with Crippen molar-refractivity contribution >= 4 is 39.1 Å². The van der Waals surface area contributed by atoms with Crippen LogP contribution in [-0.2, 0) is 0 Å². The van der Waals surface area contributed by atoms with Crippen LogP contribution in [0.3, 0.4) is 0 Å². The van der Waals surface area contributed by atoms with Gasteiger partial charge in [0.25, 0.3) is 5.91 Å². The highest BCUT2D eigenvalue weighted by Crippen LogP contribution is 2.48. The zero-order chi connectivity index (χ0) is 15.4. The standard InChI is InChI=1S/C15H17ClN2O3S/c16-9-5-22-11-3-10(18-12(9)11)15(21)17-4-7-1-6-2-8(7)14(20)13(6)19/h3,5-8,13-14,18-20H,1-2,4H2,(H,17,21)/t6-,7-,8-,13+,14-/m1/s1. The first-order valence-corrected chi connectivity index (χ1v) is 8.70. The fraction of sp³-hybridized carbons (Fsp3) is 0.533. The third-order valence-electron chi connectivity index (χ3n) is 5.14. The van der Waals surface area contributed by atoms with E-state index in [-0.39, 0.29) is 23.7 Å². The summed E-state index contributed by atoms with van der Waals surface area (Å²) in [5.74, 6) is 0.364. The Morgan fingerprint density at radius 2 is 2.23 bits per heavy atom.